The van der Waals surface area contributed by atoms with Crippen molar-refractivity contribution in [2.24, 2.45) is 35.5 Å². The lowest BCUT2D eigenvalue weighted by atomic mass is 9.65. The molecule has 10 unspecified atom stereocenters. The number of rotatable bonds is 3. The largest absolute Gasteiger partial charge is 0.353 e. The van der Waals surface area contributed by atoms with Crippen LogP contribution >= 0.6 is 0 Å². The Hall–Kier alpha value is -1.14. The van der Waals surface area contributed by atoms with Crippen molar-refractivity contribution >= 4 is 11.8 Å². The molecule has 5 rings (SSSR count). The van der Waals surface area contributed by atoms with Gasteiger partial charge in [0, 0.05) is 49.6 Å². The molecule has 5 aliphatic rings. The molecule has 186 valence electrons. The summed E-state index contributed by atoms with van der Waals surface area (Å²) in [5, 5.41) is 10.8. The molecule has 0 aromatic rings. The fraction of sp³-hybridized carbons (Fsp3) is 0.926. The summed E-state index contributed by atoms with van der Waals surface area (Å²) in [5.74, 6) is 3.13. The first-order valence-corrected chi connectivity index (χ1v) is 13.9. The number of nitrogens with one attached hydrogen (secondary N) is 3. The van der Waals surface area contributed by atoms with E-state index in [0.29, 0.717) is 47.7 Å². The summed E-state index contributed by atoms with van der Waals surface area (Å²) >= 11 is 0. The van der Waals surface area contributed by atoms with Crippen LogP contribution in [-0.4, -0.2) is 61.0 Å². The maximum Gasteiger partial charge on any atom is 0.225 e. The van der Waals surface area contributed by atoms with Crippen molar-refractivity contribution in [3.8, 4) is 0 Å². The minimum Gasteiger partial charge on any atom is -0.353 e. The molecular weight excluding hydrogens is 412 g/mol. The van der Waals surface area contributed by atoms with E-state index in [1.807, 2.05) is 7.05 Å². The lowest BCUT2D eigenvalue weighted by Gasteiger charge is -2.50. The summed E-state index contributed by atoms with van der Waals surface area (Å²) in [6, 6.07) is 1.76. The second kappa shape index (κ2) is 9.85. The zero-order valence-electron chi connectivity index (χ0n) is 21.0. The van der Waals surface area contributed by atoms with Crippen molar-refractivity contribution in [1.82, 2.24) is 20.9 Å². The maximum atomic E-state index is 13.5. The fourth-order valence-electron chi connectivity index (χ4n) is 8.16. The van der Waals surface area contributed by atoms with Crippen LogP contribution in [0.15, 0.2) is 0 Å². The minimum absolute atomic E-state index is 0.116. The van der Waals surface area contributed by atoms with Crippen molar-refractivity contribution in [2.45, 2.75) is 102 Å². The predicted molar refractivity (Wildman–Crippen MR) is 131 cm³/mol. The van der Waals surface area contributed by atoms with Crippen LogP contribution in [0.2, 0.25) is 0 Å². The SMILES string of the molecule is CC1CC2C(CN1)CC(C1CC(NC(=O)C3CCC4NCCCC4C3)CCC1C)C(=O)N2C. The van der Waals surface area contributed by atoms with E-state index in [4.69, 9.17) is 0 Å². The molecule has 3 heterocycles. The van der Waals surface area contributed by atoms with E-state index in [1.54, 1.807) is 0 Å². The van der Waals surface area contributed by atoms with Gasteiger partial charge in [0.1, 0.15) is 0 Å². The highest BCUT2D eigenvalue weighted by molar-refractivity contribution is 5.80. The smallest absolute Gasteiger partial charge is 0.225 e. The van der Waals surface area contributed by atoms with Crippen LogP contribution in [0.4, 0.5) is 0 Å². The number of carbonyl (C=O) groups excluding carboxylic acids is 2. The molecule has 0 aromatic carbocycles. The normalized spacial score (nSPS) is 46.3. The van der Waals surface area contributed by atoms with E-state index in [-0.39, 0.29) is 23.8 Å². The first kappa shape index (κ1) is 23.6. The van der Waals surface area contributed by atoms with Gasteiger partial charge in [-0.1, -0.05) is 6.92 Å². The van der Waals surface area contributed by atoms with Gasteiger partial charge >= 0.3 is 0 Å². The van der Waals surface area contributed by atoms with Gasteiger partial charge in [0.05, 0.1) is 0 Å². The molecule has 0 radical (unpaired) electrons. The van der Waals surface area contributed by atoms with Crippen molar-refractivity contribution in [3.05, 3.63) is 0 Å². The molecule has 33 heavy (non-hydrogen) atoms. The molecule has 2 amide bonds. The van der Waals surface area contributed by atoms with E-state index < -0.39 is 0 Å². The third kappa shape index (κ3) is 4.84. The third-order valence-electron chi connectivity index (χ3n) is 10.2. The van der Waals surface area contributed by atoms with Crippen LogP contribution in [0.3, 0.4) is 0 Å². The number of piperidine rings is 3. The monoisotopic (exact) mass is 458 g/mol. The van der Waals surface area contributed by atoms with E-state index in [9.17, 15) is 9.59 Å². The molecule has 6 nitrogen and oxygen atoms in total. The fourth-order valence-corrected chi connectivity index (χ4v) is 8.16. The second-order valence-corrected chi connectivity index (χ2v) is 12.3. The molecule has 3 aliphatic heterocycles. The molecule has 2 saturated carbocycles. The Kier molecular flexibility index (Phi) is 7.04. The molecule has 10 atom stereocenters. The van der Waals surface area contributed by atoms with Gasteiger partial charge in [0.2, 0.25) is 11.8 Å². The highest BCUT2D eigenvalue weighted by atomic mass is 16.2. The van der Waals surface area contributed by atoms with E-state index in [0.717, 1.165) is 64.5 Å². The Morgan fingerprint density at radius 1 is 0.970 bits per heavy atom. The Morgan fingerprint density at radius 2 is 1.82 bits per heavy atom. The first-order valence-electron chi connectivity index (χ1n) is 13.9. The number of hydrogen-bond acceptors (Lipinski definition) is 4. The Morgan fingerprint density at radius 3 is 2.67 bits per heavy atom. The Labute approximate surface area is 200 Å². The number of carbonyl (C=O) groups is 2. The molecule has 0 spiro atoms. The van der Waals surface area contributed by atoms with Crippen LogP contribution in [0, 0.1) is 35.5 Å². The highest BCUT2D eigenvalue weighted by Crippen LogP contribution is 2.43. The summed E-state index contributed by atoms with van der Waals surface area (Å²) in [7, 11) is 2.04. The average molecular weight is 459 g/mol. The van der Waals surface area contributed by atoms with E-state index >= 15 is 0 Å². The third-order valence-corrected chi connectivity index (χ3v) is 10.2. The van der Waals surface area contributed by atoms with Crippen LogP contribution in [0.25, 0.3) is 0 Å². The molecule has 3 N–H and O–H groups in total. The highest BCUT2D eigenvalue weighted by Gasteiger charge is 2.47. The summed E-state index contributed by atoms with van der Waals surface area (Å²) < 4.78 is 0. The van der Waals surface area contributed by atoms with Crippen LogP contribution < -0.4 is 16.0 Å². The molecule has 2 aliphatic carbocycles. The summed E-state index contributed by atoms with van der Waals surface area (Å²) in [4.78, 5) is 28.8. The summed E-state index contributed by atoms with van der Waals surface area (Å²) in [6.07, 6.45) is 11.0. The van der Waals surface area contributed by atoms with Crippen molar-refractivity contribution in [1.29, 1.82) is 0 Å². The molecule has 5 fully saturated rings. The van der Waals surface area contributed by atoms with Gasteiger partial charge in [-0.3, -0.25) is 9.59 Å². The van der Waals surface area contributed by atoms with Gasteiger partial charge in [0.25, 0.3) is 0 Å². The van der Waals surface area contributed by atoms with Gasteiger partial charge in [-0.05, 0) is 101 Å². The topological polar surface area (TPSA) is 73.5 Å². The minimum atomic E-state index is 0.116. The number of nitrogens with zero attached hydrogens (tertiary/aromatic N) is 1. The molecular formula is C27H46N4O2. The average Bonchev–Trinajstić information content (AvgIpc) is 2.82. The van der Waals surface area contributed by atoms with Crippen molar-refractivity contribution in [3.63, 3.8) is 0 Å². The number of likely N-dealkylation sites (tertiary alicyclic amines) is 1. The zero-order chi connectivity index (χ0) is 23.1. The van der Waals surface area contributed by atoms with E-state index in [2.05, 4.69) is 34.7 Å². The van der Waals surface area contributed by atoms with Gasteiger partial charge < -0.3 is 20.9 Å². The van der Waals surface area contributed by atoms with Gasteiger partial charge in [-0.15, -0.1) is 0 Å². The second-order valence-electron chi connectivity index (χ2n) is 12.3. The molecule has 0 aromatic heterocycles. The van der Waals surface area contributed by atoms with Crippen molar-refractivity contribution < 1.29 is 9.59 Å². The van der Waals surface area contributed by atoms with Crippen molar-refractivity contribution in [2.75, 3.05) is 20.1 Å². The van der Waals surface area contributed by atoms with Crippen LogP contribution in [0.5, 0.6) is 0 Å². The number of fused-ring (bicyclic) bond motifs is 2. The molecule has 3 saturated heterocycles. The zero-order valence-corrected chi connectivity index (χ0v) is 21.0. The Bertz CT molecular complexity index is 729. The Balaban J connectivity index is 1.20. The van der Waals surface area contributed by atoms with Gasteiger partial charge in [0.15, 0.2) is 0 Å². The lowest BCUT2D eigenvalue weighted by Crippen LogP contribution is -2.60. The van der Waals surface area contributed by atoms with Gasteiger partial charge in [-0.25, -0.2) is 0 Å². The summed E-state index contributed by atoms with van der Waals surface area (Å²) in [5.41, 5.74) is 0. The molecule has 0 bridgehead atoms. The molecule has 6 heteroatoms. The van der Waals surface area contributed by atoms with Crippen LogP contribution in [-0.2, 0) is 9.59 Å². The number of amides is 2. The van der Waals surface area contributed by atoms with Crippen LogP contribution in [0.1, 0.15) is 78.1 Å². The van der Waals surface area contributed by atoms with E-state index in [1.165, 1.54) is 12.8 Å². The predicted octanol–water partition coefficient (Wildman–Crippen LogP) is 2.92. The number of hydrogen-bond donors (Lipinski definition) is 3. The first-order chi connectivity index (χ1) is 15.9. The summed E-state index contributed by atoms with van der Waals surface area (Å²) in [6.45, 7) is 6.74. The standard InChI is InChI=1S/C27H46N4O2/c1-16-6-8-21(30-26(32)19-7-9-24-18(12-19)5-4-10-28-24)14-22(16)23-13-20-15-29-17(2)11-25(20)31(3)27(23)33/h16-25,28-29H,4-15H2,1-3H3,(H,30,32). The lowest BCUT2D eigenvalue weighted by molar-refractivity contribution is -0.148. The maximum absolute atomic E-state index is 13.5. The van der Waals surface area contributed by atoms with Gasteiger partial charge in [-0.2, -0.15) is 0 Å². The quantitative estimate of drug-likeness (QED) is 0.608.